The first kappa shape index (κ1) is 25.9. The smallest absolute Gasteiger partial charge is 0.310 e. The Morgan fingerprint density at radius 2 is 1.43 bits per heavy atom. The maximum Gasteiger partial charge on any atom is 0.310 e. The molecule has 1 saturated carbocycles. The lowest BCUT2D eigenvalue weighted by atomic mass is 9.78. The second-order valence-corrected chi connectivity index (χ2v) is 9.14. The summed E-state index contributed by atoms with van der Waals surface area (Å²) in [6, 6.07) is 20.6. The number of non-ortho nitro benzene ring substituents is 1. The zero-order valence-corrected chi connectivity index (χ0v) is 20.7. The molecule has 2 atom stereocenters. The van der Waals surface area contributed by atoms with Crippen LogP contribution in [0, 0.1) is 22.0 Å². The fourth-order valence-electron chi connectivity index (χ4n) is 4.47. The van der Waals surface area contributed by atoms with Gasteiger partial charge in [0.2, 0.25) is 5.91 Å². The summed E-state index contributed by atoms with van der Waals surface area (Å²) >= 11 is 0. The van der Waals surface area contributed by atoms with Crippen LogP contribution >= 0.6 is 0 Å². The van der Waals surface area contributed by atoms with Gasteiger partial charge in [-0.1, -0.05) is 44.0 Å². The van der Waals surface area contributed by atoms with E-state index in [-0.39, 0.29) is 24.2 Å². The number of nitrogens with zero attached hydrogens (tertiary/aromatic N) is 1. The molecule has 0 heterocycles. The van der Waals surface area contributed by atoms with E-state index < -0.39 is 16.8 Å². The third-order valence-electron chi connectivity index (χ3n) is 6.62. The van der Waals surface area contributed by atoms with Crippen LogP contribution in [0.5, 0.6) is 11.5 Å². The summed E-state index contributed by atoms with van der Waals surface area (Å²) in [4.78, 5) is 36.2. The molecule has 0 bridgehead atoms. The van der Waals surface area contributed by atoms with Gasteiger partial charge in [0.05, 0.1) is 16.8 Å². The molecule has 0 unspecified atom stereocenters. The molecule has 1 amide bonds. The van der Waals surface area contributed by atoms with Gasteiger partial charge >= 0.3 is 5.97 Å². The van der Waals surface area contributed by atoms with Crippen molar-refractivity contribution in [3.63, 3.8) is 0 Å². The van der Waals surface area contributed by atoms with Gasteiger partial charge in [0.1, 0.15) is 18.1 Å². The Labute approximate surface area is 215 Å². The number of carbonyl (C=O) groups is 2. The summed E-state index contributed by atoms with van der Waals surface area (Å²) in [5, 5.41) is 13.7. The van der Waals surface area contributed by atoms with Gasteiger partial charge < -0.3 is 14.8 Å². The number of nitro benzene ring substituents is 1. The third kappa shape index (κ3) is 6.94. The van der Waals surface area contributed by atoms with Crippen molar-refractivity contribution in [2.24, 2.45) is 11.8 Å². The molecule has 0 saturated heterocycles. The molecule has 8 nitrogen and oxygen atoms in total. The van der Waals surface area contributed by atoms with E-state index in [1.807, 2.05) is 24.3 Å². The van der Waals surface area contributed by atoms with Crippen molar-refractivity contribution < 1.29 is 24.0 Å². The van der Waals surface area contributed by atoms with Gasteiger partial charge in [0.25, 0.3) is 5.69 Å². The summed E-state index contributed by atoms with van der Waals surface area (Å²) in [7, 11) is 0. The topological polar surface area (TPSA) is 108 Å². The van der Waals surface area contributed by atoms with Crippen LogP contribution in [0.3, 0.4) is 0 Å². The first-order valence-corrected chi connectivity index (χ1v) is 12.5. The van der Waals surface area contributed by atoms with Crippen molar-refractivity contribution in [2.45, 2.75) is 45.6 Å². The molecule has 192 valence electrons. The molecule has 8 heteroatoms. The van der Waals surface area contributed by atoms with E-state index in [0.29, 0.717) is 24.3 Å². The Bertz CT molecular complexity index is 1220. The largest absolute Gasteiger partial charge is 0.461 e. The first-order valence-electron chi connectivity index (χ1n) is 12.5. The Kier molecular flexibility index (Phi) is 8.51. The van der Waals surface area contributed by atoms with Crippen LogP contribution in [-0.4, -0.2) is 16.8 Å². The number of benzene rings is 3. The molecule has 0 radical (unpaired) electrons. The van der Waals surface area contributed by atoms with E-state index in [4.69, 9.17) is 9.47 Å². The van der Waals surface area contributed by atoms with Crippen LogP contribution < -0.4 is 10.1 Å². The van der Waals surface area contributed by atoms with Gasteiger partial charge in [-0.15, -0.1) is 0 Å². The Morgan fingerprint density at radius 1 is 0.865 bits per heavy atom. The standard InChI is InChI=1S/C29H30N2O6/c1-2-20-7-11-22(12-8-20)30-28(32)26-5-3-4-6-27(26)29(33)36-19-21-9-15-24(16-10-21)37-25-17-13-23(14-18-25)31(34)35/h7-18,26-27H,2-6,19H2,1H3,(H,30,32)/t26-,27+/m0/s1. The summed E-state index contributed by atoms with van der Waals surface area (Å²) in [6.07, 6.45) is 4.03. The second-order valence-electron chi connectivity index (χ2n) is 9.14. The normalized spacial score (nSPS) is 17.0. The van der Waals surface area contributed by atoms with Crippen LogP contribution in [0.25, 0.3) is 0 Å². The van der Waals surface area contributed by atoms with Crippen molar-refractivity contribution in [3.05, 3.63) is 94.0 Å². The highest BCUT2D eigenvalue weighted by atomic mass is 16.6. The maximum atomic E-state index is 13.0. The molecule has 3 aromatic rings. The molecule has 3 aromatic carbocycles. The van der Waals surface area contributed by atoms with E-state index >= 15 is 0 Å². The minimum absolute atomic E-state index is 0.00664. The number of nitrogens with one attached hydrogen (secondary N) is 1. The number of amides is 1. The Balaban J connectivity index is 1.31. The number of hydrogen-bond acceptors (Lipinski definition) is 6. The van der Waals surface area contributed by atoms with Crippen LogP contribution in [0.2, 0.25) is 0 Å². The van der Waals surface area contributed by atoms with Crippen molar-refractivity contribution in [1.82, 2.24) is 0 Å². The number of hydrogen-bond donors (Lipinski definition) is 1. The number of aryl methyl sites for hydroxylation is 1. The predicted octanol–water partition coefficient (Wildman–Crippen LogP) is 6.44. The van der Waals surface area contributed by atoms with E-state index in [1.165, 1.54) is 29.8 Å². The highest BCUT2D eigenvalue weighted by Gasteiger charge is 2.36. The van der Waals surface area contributed by atoms with Crippen molar-refractivity contribution in [2.75, 3.05) is 5.32 Å². The fourth-order valence-corrected chi connectivity index (χ4v) is 4.47. The SMILES string of the molecule is CCc1ccc(NC(=O)[C@H]2CCCC[C@H]2C(=O)OCc2ccc(Oc3ccc([N+](=O)[O-])cc3)cc2)cc1. The van der Waals surface area contributed by atoms with Crippen LogP contribution in [0.4, 0.5) is 11.4 Å². The monoisotopic (exact) mass is 502 g/mol. The zero-order chi connectivity index (χ0) is 26.2. The Hall–Kier alpha value is -4.20. The summed E-state index contributed by atoms with van der Waals surface area (Å²) in [5.41, 5.74) is 2.71. The number of carbonyl (C=O) groups excluding carboxylic acids is 2. The molecule has 4 rings (SSSR count). The molecule has 1 N–H and O–H groups in total. The van der Waals surface area contributed by atoms with E-state index in [9.17, 15) is 19.7 Å². The molecule has 0 aliphatic heterocycles. The number of rotatable bonds is 9. The lowest BCUT2D eigenvalue weighted by Crippen LogP contribution is -2.37. The van der Waals surface area contributed by atoms with Gasteiger partial charge in [-0.05, 0) is 66.8 Å². The van der Waals surface area contributed by atoms with Crippen LogP contribution in [-0.2, 0) is 27.4 Å². The van der Waals surface area contributed by atoms with Gasteiger partial charge in [0.15, 0.2) is 0 Å². The molecular weight excluding hydrogens is 472 g/mol. The van der Waals surface area contributed by atoms with Crippen LogP contribution in [0.1, 0.15) is 43.7 Å². The Morgan fingerprint density at radius 3 is 2.03 bits per heavy atom. The molecule has 0 aromatic heterocycles. The minimum atomic E-state index is -0.465. The molecule has 1 aliphatic carbocycles. The van der Waals surface area contributed by atoms with Gasteiger partial charge in [-0.2, -0.15) is 0 Å². The van der Waals surface area contributed by atoms with Crippen LogP contribution in [0.15, 0.2) is 72.8 Å². The lowest BCUT2D eigenvalue weighted by molar-refractivity contribution is -0.384. The molecular formula is C29H30N2O6. The third-order valence-corrected chi connectivity index (χ3v) is 6.62. The summed E-state index contributed by atoms with van der Waals surface area (Å²) in [5.74, 6) is -0.336. The molecule has 0 spiro atoms. The highest BCUT2D eigenvalue weighted by molar-refractivity contribution is 5.95. The summed E-state index contributed by atoms with van der Waals surface area (Å²) in [6.45, 7) is 2.18. The van der Waals surface area contributed by atoms with Gasteiger partial charge in [0, 0.05) is 17.8 Å². The predicted molar refractivity (Wildman–Crippen MR) is 139 cm³/mol. The van der Waals surface area contributed by atoms with Crippen molar-refractivity contribution in [1.29, 1.82) is 0 Å². The first-order chi connectivity index (χ1) is 17.9. The summed E-state index contributed by atoms with van der Waals surface area (Å²) < 4.78 is 11.3. The average Bonchev–Trinajstić information content (AvgIpc) is 2.93. The highest BCUT2D eigenvalue weighted by Crippen LogP contribution is 2.32. The van der Waals surface area contributed by atoms with E-state index in [2.05, 4.69) is 12.2 Å². The number of esters is 1. The molecule has 1 fully saturated rings. The fraction of sp³-hybridized carbons (Fsp3) is 0.310. The van der Waals surface area contributed by atoms with Gasteiger partial charge in [-0.3, -0.25) is 19.7 Å². The minimum Gasteiger partial charge on any atom is -0.461 e. The molecule has 1 aliphatic rings. The van der Waals surface area contributed by atoms with E-state index in [1.54, 1.807) is 24.3 Å². The number of nitro groups is 1. The quantitative estimate of drug-likeness (QED) is 0.205. The van der Waals surface area contributed by atoms with Crippen molar-refractivity contribution in [3.8, 4) is 11.5 Å². The van der Waals surface area contributed by atoms with Crippen molar-refractivity contribution >= 4 is 23.3 Å². The lowest BCUT2D eigenvalue weighted by Gasteiger charge is -2.29. The number of ether oxygens (including phenoxy) is 2. The second kappa shape index (κ2) is 12.2. The van der Waals surface area contributed by atoms with E-state index in [0.717, 1.165) is 30.5 Å². The number of anilines is 1. The molecule has 37 heavy (non-hydrogen) atoms. The average molecular weight is 503 g/mol. The van der Waals surface area contributed by atoms with Gasteiger partial charge in [-0.25, -0.2) is 0 Å². The maximum absolute atomic E-state index is 13.0. The zero-order valence-electron chi connectivity index (χ0n) is 20.7.